The maximum Gasteiger partial charge on any atom is 0.256 e. The lowest BCUT2D eigenvalue weighted by Crippen LogP contribution is -2.51. The fraction of sp³-hybridized carbons (Fsp3) is 0.500. The molecule has 2 rings (SSSR count). The van der Waals surface area contributed by atoms with Gasteiger partial charge in [-0.3, -0.25) is 4.79 Å². The molecule has 4 nitrogen and oxygen atoms in total. The van der Waals surface area contributed by atoms with Gasteiger partial charge in [0.2, 0.25) is 0 Å². The molecule has 0 radical (unpaired) electrons. The molecule has 1 aliphatic heterocycles. The van der Waals surface area contributed by atoms with Crippen molar-refractivity contribution in [2.75, 3.05) is 13.1 Å². The van der Waals surface area contributed by atoms with Crippen molar-refractivity contribution in [1.29, 1.82) is 0 Å². The third-order valence-electron chi connectivity index (χ3n) is 3.49. The van der Waals surface area contributed by atoms with Gasteiger partial charge in [-0.25, -0.2) is 3.93 Å². The zero-order chi connectivity index (χ0) is 13.9. The summed E-state index contributed by atoms with van der Waals surface area (Å²) in [5.74, 6) is -0.341. The van der Waals surface area contributed by atoms with Crippen LogP contribution >= 0.6 is 16.1 Å². The monoisotopic (exact) mass is 326 g/mol. The van der Waals surface area contributed by atoms with Gasteiger partial charge in [0.05, 0.1) is 0 Å². The number of hydrogen-bond donors (Lipinski definition) is 2. The second-order valence-electron chi connectivity index (χ2n) is 5.12. The Kier molecular flexibility index (Phi) is 4.60. The van der Waals surface area contributed by atoms with Crippen molar-refractivity contribution in [3.8, 4) is 0 Å². The van der Waals surface area contributed by atoms with Crippen LogP contribution in [0.4, 0.5) is 0 Å². The molecule has 1 fully saturated rings. The van der Waals surface area contributed by atoms with E-state index in [-0.39, 0.29) is 11.9 Å². The van der Waals surface area contributed by atoms with Crippen LogP contribution in [-0.2, 0) is 10.4 Å². The standard InChI is InChI=1S/C14H19BrN2O2/c1-14(19,11-6-3-2-4-7-11)13(18)16-12-8-5-9-17(15)10-12/h2-4,6-7,12,19H,5,8-10H2,1H3,(H,16,18)/t12-,14?/m1/s1. The molecule has 19 heavy (non-hydrogen) atoms. The molecule has 2 N–H and O–H groups in total. The van der Waals surface area contributed by atoms with E-state index in [4.69, 9.17) is 0 Å². The van der Waals surface area contributed by atoms with Crippen molar-refractivity contribution in [3.63, 3.8) is 0 Å². The topological polar surface area (TPSA) is 52.6 Å². The average Bonchev–Trinajstić information content (AvgIpc) is 2.39. The fourth-order valence-corrected chi connectivity index (χ4v) is 2.87. The molecule has 104 valence electrons. The van der Waals surface area contributed by atoms with Crippen LogP contribution in [0.2, 0.25) is 0 Å². The molecule has 1 aromatic rings. The minimum atomic E-state index is -1.49. The molecule has 1 saturated heterocycles. The Bertz CT molecular complexity index is 436. The average molecular weight is 327 g/mol. The molecule has 0 aromatic heterocycles. The molecule has 1 aliphatic rings. The Hall–Kier alpha value is -0.910. The number of aliphatic hydroxyl groups is 1. The predicted molar refractivity (Wildman–Crippen MR) is 77.7 cm³/mol. The smallest absolute Gasteiger partial charge is 0.256 e. The summed E-state index contributed by atoms with van der Waals surface area (Å²) in [7, 11) is 0. The van der Waals surface area contributed by atoms with E-state index in [1.807, 2.05) is 22.1 Å². The first kappa shape index (κ1) is 14.5. The summed E-state index contributed by atoms with van der Waals surface area (Å²) < 4.78 is 2.01. The van der Waals surface area contributed by atoms with Gasteiger partial charge in [-0.1, -0.05) is 30.3 Å². The van der Waals surface area contributed by atoms with Crippen LogP contribution in [0.15, 0.2) is 30.3 Å². The van der Waals surface area contributed by atoms with Crippen molar-refractivity contribution in [1.82, 2.24) is 9.24 Å². The first-order chi connectivity index (χ1) is 9.00. The third-order valence-corrected chi connectivity index (χ3v) is 4.13. The summed E-state index contributed by atoms with van der Waals surface area (Å²) in [6.45, 7) is 3.28. The summed E-state index contributed by atoms with van der Waals surface area (Å²) in [6.07, 6.45) is 1.97. The number of carbonyl (C=O) groups is 1. The van der Waals surface area contributed by atoms with Crippen molar-refractivity contribution in [2.24, 2.45) is 0 Å². The van der Waals surface area contributed by atoms with Gasteiger partial charge in [0.25, 0.3) is 5.91 Å². The van der Waals surface area contributed by atoms with Gasteiger partial charge in [0, 0.05) is 35.3 Å². The van der Waals surface area contributed by atoms with Gasteiger partial charge < -0.3 is 10.4 Å². The normalized spacial score (nSPS) is 23.6. The minimum Gasteiger partial charge on any atom is -0.376 e. The fourth-order valence-electron chi connectivity index (χ4n) is 2.27. The number of hydrogen-bond acceptors (Lipinski definition) is 3. The van der Waals surface area contributed by atoms with Crippen LogP contribution in [0.5, 0.6) is 0 Å². The molecule has 1 heterocycles. The SMILES string of the molecule is CC(O)(C(=O)N[C@@H]1CCCN(Br)C1)c1ccccc1. The van der Waals surface area contributed by atoms with Gasteiger partial charge in [0.15, 0.2) is 5.60 Å². The van der Waals surface area contributed by atoms with Crippen LogP contribution < -0.4 is 5.32 Å². The lowest BCUT2D eigenvalue weighted by Gasteiger charge is -2.31. The minimum absolute atomic E-state index is 0.0795. The summed E-state index contributed by atoms with van der Waals surface area (Å²) in [5, 5.41) is 13.3. The van der Waals surface area contributed by atoms with E-state index < -0.39 is 5.60 Å². The molecule has 1 aromatic carbocycles. The largest absolute Gasteiger partial charge is 0.376 e. The highest BCUT2D eigenvalue weighted by molar-refractivity contribution is 9.07. The number of benzene rings is 1. The molecule has 1 unspecified atom stereocenters. The van der Waals surface area contributed by atoms with Crippen LogP contribution in [0, 0.1) is 0 Å². The molecule has 5 heteroatoms. The number of rotatable bonds is 3. The Labute approximate surface area is 122 Å². The molecular formula is C14H19BrN2O2. The molecule has 0 saturated carbocycles. The van der Waals surface area contributed by atoms with E-state index in [0.717, 1.165) is 25.9 Å². The lowest BCUT2D eigenvalue weighted by atomic mass is 9.94. The predicted octanol–water partition coefficient (Wildman–Crippen LogP) is 1.78. The van der Waals surface area contributed by atoms with Crippen molar-refractivity contribution < 1.29 is 9.90 Å². The Morgan fingerprint density at radius 3 is 2.79 bits per heavy atom. The van der Waals surface area contributed by atoms with Gasteiger partial charge >= 0.3 is 0 Å². The Morgan fingerprint density at radius 2 is 2.16 bits per heavy atom. The van der Waals surface area contributed by atoms with E-state index >= 15 is 0 Å². The summed E-state index contributed by atoms with van der Waals surface area (Å²) in [5.41, 5.74) is -0.880. The number of piperidine rings is 1. The molecule has 0 aliphatic carbocycles. The lowest BCUT2D eigenvalue weighted by molar-refractivity contribution is -0.140. The second kappa shape index (κ2) is 6.03. The molecule has 2 atom stereocenters. The van der Waals surface area contributed by atoms with Gasteiger partial charge in [-0.2, -0.15) is 0 Å². The summed E-state index contributed by atoms with van der Waals surface area (Å²) >= 11 is 3.43. The molecule has 0 bridgehead atoms. The highest BCUT2D eigenvalue weighted by Gasteiger charge is 2.34. The van der Waals surface area contributed by atoms with Gasteiger partial charge in [0.1, 0.15) is 0 Å². The van der Waals surface area contributed by atoms with E-state index in [1.165, 1.54) is 6.92 Å². The number of amides is 1. The van der Waals surface area contributed by atoms with Crippen LogP contribution in [0.3, 0.4) is 0 Å². The number of carbonyl (C=O) groups excluding carboxylic acids is 1. The third kappa shape index (κ3) is 3.55. The molecule has 1 amide bonds. The maximum absolute atomic E-state index is 12.2. The van der Waals surface area contributed by atoms with E-state index in [9.17, 15) is 9.90 Å². The van der Waals surface area contributed by atoms with E-state index in [2.05, 4.69) is 21.5 Å². The Balaban J connectivity index is 2.02. The number of nitrogens with zero attached hydrogens (tertiary/aromatic N) is 1. The molecule has 0 spiro atoms. The zero-order valence-corrected chi connectivity index (χ0v) is 12.6. The highest BCUT2D eigenvalue weighted by Crippen LogP contribution is 2.21. The van der Waals surface area contributed by atoms with Crippen molar-refractivity contribution in [3.05, 3.63) is 35.9 Å². The van der Waals surface area contributed by atoms with Crippen molar-refractivity contribution >= 4 is 22.1 Å². The number of halogens is 1. The van der Waals surface area contributed by atoms with Crippen LogP contribution in [-0.4, -0.2) is 34.1 Å². The maximum atomic E-state index is 12.2. The molecular weight excluding hydrogens is 308 g/mol. The quantitative estimate of drug-likeness (QED) is 0.832. The van der Waals surface area contributed by atoms with Crippen LogP contribution in [0.25, 0.3) is 0 Å². The number of nitrogens with one attached hydrogen (secondary N) is 1. The van der Waals surface area contributed by atoms with Gasteiger partial charge in [-0.05, 0) is 25.3 Å². The summed E-state index contributed by atoms with van der Waals surface area (Å²) in [4.78, 5) is 12.2. The van der Waals surface area contributed by atoms with Gasteiger partial charge in [-0.15, -0.1) is 0 Å². The second-order valence-corrected chi connectivity index (χ2v) is 6.12. The first-order valence-electron chi connectivity index (χ1n) is 6.50. The summed E-state index contributed by atoms with van der Waals surface area (Å²) in [6, 6.07) is 9.10. The Morgan fingerprint density at radius 1 is 1.47 bits per heavy atom. The van der Waals surface area contributed by atoms with Crippen molar-refractivity contribution in [2.45, 2.75) is 31.4 Å². The van der Waals surface area contributed by atoms with Crippen LogP contribution in [0.1, 0.15) is 25.3 Å². The highest BCUT2D eigenvalue weighted by atomic mass is 79.9. The van der Waals surface area contributed by atoms with E-state index in [0.29, 0.717) is 5.56 Å². The first-order valence-corrected chi connectivity index (χ1v) is 7.20. The zero-order valence-electron chi connectivity index (χ0n) is 11.0. The van der Waals surface area contributed by atoms with E-state index in [1.54, 1.807) is 12.1 Å².